The lowest BCUT2D eigenvalue weighted by Gasteiger charge is -2.28. The molecule has 0 aliphatic heterocycles. The zero-order valence-corrected chi connectivity index (χ0v) is 11.0. The van der Waals surface area contributed by atoms with Gasteiger partial charge in [0.15, 0.2) is 0 Å². The van der Waals surface area contributed by atoms with E-state index in [1.54, 1.807) is 6.07 Å². The number of aromatic hydroxyl groups is 1. The average Bonchev–Trinajstić information content (AvgIpc) is 2.17. The van der Waals surface area contributed by atoms with Crippen molar-refractivity contribution in [3.05, 3.63) is 29.3 Å². The minimum absolute atomic E-state index is 0.0740. The van der Waals surface area contributed by atoms with Crippen LogP contribution in [0, 0.1) is 6.92 Å². The Balaban J connectivity index is 2.88. The first kappa shape index (κ1) is 13.1. The van der Waals surface area contributed by atoms with Crippen molar-refractivity contribution in [2.24, 2.45) is 0 Å². The maximum atomic E-state index is 9.98. The molecule has 0 spiro atoms. The molecule has 0 amide bonds. The van der Waals surface area contributed by atoms with Crippen LogP contribution in [0.3, 0.4) is 0 Å². The highest BCUT2D eigenvalue weighted by molar-refractivity contribution is 5.43. The summed E-state index contributed by atoms with van der Waals surface area (Å²) in [6, 6.07) is 5.79. The van der Waals surface area contributed by atoms with Crippen LogP contribution in [-0.4, -0.2) is 5.11 Å². The van der Waals surface area contributed by atoms with Gasteiger partial charge in [-0.3, -0.25) is 0 Å². The SMILES string of the molecule is CCCCCC(C)(C)c1c(C)cccc1O. The van der Waals surface area contributed by atoms with Crippen molar-refractivity contribution < 1.29 is 5.11 Å². The van der Waals surface area contributed by atoms with Crippen molar-refractivity contribution in [2.75, 3.05) is 0 Å². The molecule has 0 fully saturated rings. The first-order valence-electron chi connectivity index (χ1n) is 6.28. The van der Waals surface area contributed by atoms with E-state index in [2.05, 4.69) is 33.8 Å². The van der Waals surface area contributed by atoms with Gasteiger partial charge in [0.25, 0.3) is 0 Å². The quantitative estimate of drug-likeness (QED) is 0.721. The van der Waals surface area contributed by atoms with Crippen LogP contribution in [0.1, 0.15) is 57.6 Å². The molecule has 0 bridgehead atoms. The van der Waals surface area contributed by atoms with Crippen LogP contribution in [0.4, 0.5) is 0 Å². The first-order valence-corrected chi connectivity index (χ1v) is 6.28. The largest absolute Gasteiger partial charge is 0.508 e. The summed E-state index contributed by atoms with van der Waals surface area (Å²) in [5.74, 6) is 0.446. The van der Waals surface area contributed by atoms with E-state index >= 15 is 0 Å². The lowest BCUT2D eigenvalue weighted by atomic mass is 9.77. The Labute approximate surface area is 99.5 Å². The minimum atomic E-state index is 0.0740. The van der Waals surface area contributed by atoms with Crippen LogP contribution in [0.5, 0.6) is 5.75 Å². The van der Waals surface area contributed by atoms with Crippen molar-refractivity contribution >= 4 is 0 Å². The molecule has 1 N–H and O–H groups in total. The zero-order chi connectivity index (χ0) is 12.2. The van der Waals surface area contributed by atoms with E-state index in [-0.39, 0.29) is 5.41 Å². The summed E-state index contributed by atoms with van der Waals surface area (Å²) < 4.78 is 0. The molecule has 0 saturated heterocycles. The Bertz CT molecular complexity index is 319. The van der Waals surface area contributed by atoms with Crippen LogP contribution >= 0.6 is 0 Å². The Morgan fingerprint density at radius 2 is 1.88 bits per heavy atom. The molecule has 0 heterocycles. The molecule has 90 valence electrons. The zero-order valence-electron chi connectivity index (χ0n) is 11.0. The summed E-state index contributed by atoms with van der Waals surface area (Å²) in [5, 5.41) is 9.98. The van der Waals surface area contributed by atoms with Gasteiger partial charge in [0.1, 0.15) is 5.75 Å². The molecule has 0 aliphatic carbocycles. The number of hydrogen-bond donors (Lipinski definition) is 1. The second kappa shape index (κ2) is 5.38. The second-order valence-electron chi connectivity index (χ2n) is 5.31. The molecule has 1 aromatic carbocycles. The lowest BCUT2D eigenvalue weighted by Crippen LogP contribution is -2.18. The number of benzene rings is 1. The van der Waals surface area contributed by atoms with Gasteiger partial charge in [-0.1, -0.05) is 52.2 Å². The predicted octanol–water partition coefficient (Wildman–Crippen LogP) is 4.56. The van der Waals surface area contributed by atoms with E-state index in [4.69, 9.17) is 0 Å². The van der Waals surface area contributed by atoms with Gasteiger partial charge in [-0.15, -0.1) is 0 Å². The highest BCUT2D eigenvalue weighted by atomic mass is 16.3. The minimum Gasteiger partial charge on any atom is -0.508 e. The average molecular weight is 220 g/mol. The van der Waals surface area contributed by atoms with Crippen LogP contribution in [0.15, 0.2) is 18.2 Å². The monoisotopic (exact) mass is 220 g/mol. The molecule has 0 unspecified atom stereocenters. The fraction of sp³-hybridized carbons (Fsp3) is 0.600. The van der Waals surface area contributed by atoms with Gasteiger partial charge in [0.05, 0.1) is 0 Å². The highest BCUT2D eigenvalue weighted by Crippen LogP contribution is 2.37. The second-order valence-corrected chi connectivity index (χ2v) is 5.31. The molecule has 0 radical (unpaired) electrons. The van der Waals surface area contributed by atoms with E-state index in [9.17, 15) is 5.11 Å². The summed E-state index contributed by atoms with van der Waals surface area (Å²) in [6.07, 6.45) is 4.89. The fourth-order valence-corrected chi connectivity index (χ4v) is 2.47. The summed E-state index contributed by atoms with van der Waals surface area (Å²) in [6.45, 7) is 8.75. The Morgan fingerprint density at radius 3 is 2.44 bits per heavy atom. The van der Waals surface area contributed by atoms with Crippen LogP contribution in [0.2, 0.25) is 0 Å². The molecular formula is C15H24O. The normalized spacial score (nSPS) is 11.8. The van der Waals surface area contributed by atoms with Crippen molar-refractivity contribution in [2.45, 2.75) is 58.8 Å². The van der Waals surface area contributed by atoms with Crippen molar-refractivity contribution in [3.63, 3.8) is 0 Å². The third kappa shape index (κ3) is 3.01. The number of phenols is 1. The molecular weight excluding hydrogens is 196 g/mol. The fourth-order valence-electron chi connectivity index (χ4n) is 2.47. The summed E-state index contributed by atoms with van der Waals surface area (Å²) in [7, 11) is 0. The van der Waals surface area contributed by atoms with E-state index < -0.39 is 0 Å². The van der Waals surface area contributed by atoms with E-state index in [1.807, 2.05) is 6.07 Å². The lowest BCUT2D eigenvalue weighted by molar-refractivity contribution is 0.406. The summed E-state index contributed by atoms with van der Waals surface area (Å²) in [4.78, 5) is 0. The maximum absolute atomic E-state index is 9.98. The van der Waals surface area contributed by atoms with E-state index in [1.165, 1.54) is 24.8 Å². The summed E-state index contributed by atoms with van der Waals surface area (Å²) >= 11 is 0. The Kier molecular flexibility index (Phi) is 4.40. The number of rotatable bonds is 5. The van der Waals surface area contributed by atoms with Gasteiger partial charge in [-0.25, -0.2) is 0 Å². The topological polar surface area (TPSA) is 20.2 Å². The van der Waals surface area contributed by atoms with Crippen molar-refractivity contribution in [1.29, 1.82) is 0 Å². The highest BCUT2D eigenvalue weighted by Gasteiger charge is 2.24. The molecule has 0 saturated carbocycles. The molecule has 0 atom stereocenters. The Morgan fingerprint density at radius 1 is 1.19 bits per heavy atom. The van der Waals surface area contributed by atoms with E-state index in [0.29, 0.717) is 5.75 Å². The van der Waals surface area contributed by atoms with Gasteiger partial charge in [-0.2, -0.15) is 0 Å². The molecule has 1 nitrogen and oxygen atoms in total. The van der Waals surface area contributed by atoms with Crippen LogP contribution < -0.4 is 0 Å². The van der Waals surface area contributed by atoms with Gasteiger partial charge >= 0.3 is 0 Å². The van der Waals surface area contributed by atoms with Crippen molar-refractivity contribution in [1.82, 2.24) is 0 Å². The predicted molar refractivity (Wildman–Crippen MR) is 70.0 cm³/mol. The molecule has 0 aromatic heterocycles. The molecule has 1 heteroatoms. The van der Waals surface area contributed by atoms with Crippen LogP contribution in [-0.2, 0) is 5.41 Å². The van der Waals surface area contributed by atoms with Crippen molar-refractivity contribution in [3.8, 4) is 5.75 Å². The van der Waals surface area contributed by atoms with Gasteiger partial charge in [0, 0.05) is 5.56 Å². The Hall–Kier alpha value is -0.980. The molecule has 1 rings (SSSR count). The third-order valence-electron chi connectivity index (χ3n) is 3.33. The molecule has 0 aliphatic rings. The van der Waals surface area contributed by atoms with Crippen LogP contribution in [0.25, 0.3) is 0 Å². The first-order chi connectivity index (χ1) is 7.49. The smallest absolute Gasteiger partial charge is 0.119 e. The number of aryl methyl sites for hydroxylation is 1. The van der Waals surface area contributed by atoms with Gasteiger partial charge < -0.3 is 5.11 Å². The van der Waals surface area contributed by atoms with Gasteiger partial charge in [0.2, 0.25) is 0 Å². The van der Waals surface area contributed by atoms with E-state index in [0.717, 1.165) is 12.0 Å². The molecule has 1 aromatic rings. The standard InChI is InChI=1S/C15H24O/c1-5-6-7-11-15(3,4)14-12(2)9-8-10-13(14)16/h8-10,16H,5-7,11H2,1-4H3. The number of unbranched alkanes of at least 4 members (excludes halogenated alkanes) is 2. The number of phenolic OH excluding ortho intramolecular Hbond substituents is 1. The third-order valence-corrected chi connectivity index (χ3v) is 3.33. The summed E-state index contributed by atoms with van der Waals surface area (Å²) in [5.41, 5.74) is 2.39. The number of hydrogen-bond acceptors (Lipinski definition) is 1. The maximum Gasteiger partial charge on any atom is 0.119 e. The molecule has 16 heavy (non-hydrogen) atoms. The van der Waals surface area contributed by atoms with Gasteiger partial charge in [-0.05, 0) is 30.4 Å².